The van der Waals surface area contributed by atoms with Gasteiger partial charge in [0.05, 0.1) is 6.04 Å². The summed E-state index contributed by atoms with van der Waals surface area (Å²) < 4.78 is 0. The Morgan fingerprint density at radius 3 is 2.53 bits per heavy atom. The maximum absolute atomic E-state index is 5.86. The predicted octanol–water partition coefficient (Wildman–Crippen LogP) is 2.99. The van der Waals surface area contributed by atoms with E-state index in [2.05, 4.69) is 51.0 Å². The van der Waals surface area contributed by atoms with E-state index in [1.54, 1.807) is 0 Å². The van der Waals surface area contributed by atoms with Crippen molar-refractivity contribution < 1.29 is 0 Å². The second-order valence-corrected chi connectivity index (χ2v) is 6.31. The molecule has 0 aromatic carbocycles. The van der Waals surface area contributed by atoms with Crippen LogP contribution in [0.3, 0.4) is 0 Å². The van der Waals surface area contributed by atoms with Crippen LogP contribution in [-0.4, -0.2) is 12.5 Å². The van der Waals surface area contributed by atoms with Gasteiger partial charge in [0.15, 0.2) is 5.96 Å². The molecule has 3 nitrogen and oxygen atoms in total. The third-order valence-corrected chi connectivity index (χ3v) is 3.52. The lowest BCUT2D eigenvalue weighted by atomic mass is 10.1. The van der Waals surface area contributed by atoms with E-state index in [1.807, 2.05) is 11.3 Å². The van der Waals surface area contributed by atoms with Gasteiger partial charge in [-0.3, -0.25) is 4.99 Å². The molecule has 0 bridgehead atoms. The van der Waals surface area contributed by atoms with Crippen LogP contribution in [0.2, 0.25) is 0 Å². The highest BCUT2D eigenvalue weighted by molar-refractivity contribution is 7.12. The van der Waals surface area contributed by atoms with Crippen molar-refractivity contribution in [2.75, 3.05) is 6.54 Å². The van der Waals surface area contributed by atoms with E-state index >= 15 is 0 Å². The van der Waals surface area contributed by atoms with Gasteiger partial charge in [-0.25, -0.2) is 0 Å². The van der Waals surface area contributed by atoms with Crippen molar-refractivity contribution in [2.24, 2.45) is 16.6 Å². The Morgan fingerprint density at radius 2 is 2.06 bits per heavy atom. The highest BCUT2D eigenvalue weighted by Crippen LogP contribution is 2.25. The summed E-state index contributed by atoms with van der Waals surface area (Å²) in [7, 11) is 0. The van der Waals surface area contributed by atoms with Gasteiger partial charge in [-0.05, 0) is 38.3 Å². The molecular weight excluding hydrogens is 230 g/mol. The highest BCUT2D eigenvalue weighted by atomic mass is 32.1. The fourth-order valence-electron chi connectivity index (χ4n) is 1.71. The summed E-state index contributed by atoms with van der Waals surface area (Å²) in [4.78, 5) is 7.00. The molecule has 0 aliphatic rings. The van der Waals surface area contributed by atoms with Crippen LogP contribution in [-0.2, 0) is 0 Å². The van der Waals surface area contributed by atoms with Crippen LogP contribution < -0.4 is 11.1 Å². The summed E-state index contributed by atoms with van der Waals surface area (Å²) in [5, 5.41) is 3.24. The molecule has 0 saturated heterocycles. The van der Waals surface area contributed by atoms with Gasteiger partial charge >= 0.3 is 0 Å². The molecule has 3 N–H and O–H groups in total. The van der Waals surface area contributed by atoms with E-state index in [0.29, 0.717) is 11.9 Å². The molecule has 96 valence electrons. The molecule has 1 heterocycles. The normalized spacial score (nSPS) is 14.1. The molecule has 1 atom stereocenters. The van der Waals surface area contributed by atoms with Crippen LogP contribution in [0.1, 0.15) is 42.1 Å². The fourth-order valence-corrected chi connectivity index (χ4v) is 2.73. The Bertz CT molecular complexity index is 393. The number of guanidine groups is 1. The number of nitrogens with two attached hydrogens (primary N) is 1. The zero-order chi connectivity index (χ0) is 13.0. The van der Waals surface area contributed by atoms with Gasteiger partial charge in [0.25, 0.3) is 0 Å². The van der Waals surface area contributed by atoms with E-state index < -0.39 is 0 Å². The van der Waals surface area contributed by atoms with Gasteiger partial charge in [-0.15, -0.1) is 11.3 Å². The molecule has 0 aliphatic heterocycles. The molecule has 17 heavy (non-hydrogen) atoms. The summed E-state index contributed by atoms with van der Waals surface area (Å²) in [5.41, 5.74) is 7.17. The molecule has 0 spiro atoms. The van der Waals surface area contributed by atoms with Crippen molar-refractivity contribution in [3.05, 3.63) is 21.4 Å². The van der Waals surface area contributed by atoms with Gasteiger partial charge in [-0.2, -0.15) is 0 Å². The number of rotatable bonds is 4. The van der Waals surface area contributed by atoms with Gasteiger partial charge in [0.2, 0.25) is 0 Å². The molecule has 0 amide bonds. The average molecular weight is 253 g/mol. The van der Waals surface area contributed by atoms with Crippen molar-refractivity contribution in [2.45, 2.75) is 40.7 Å². The SMILES string of the molecule is Cc1cc(C(C)NC(N)=NCC(C)C)c(C)s1. The number of aliphatic imine (C=N–C) groups is 1. The quantitative estimate of drug-likeness (QED) is 0.640. The molecule has 0 saturated carbocycles. The zero-order valence-electron chi connectivity index (χ0n) is 11.4. The molecule has 1 aromatic heterocycles. The minimum absolute atomic E-state index is 0.218. The number of aryl methyl sites for hydroxylation is 2. The Labute approximate surface area is 108 Å². The Morgan fingerprint density at radius 1 is 1.41 bits per heavy atom. The number of hydrogen-bond acceptors (Lipinski definition) is 2. The molecule has 0 fully saturated rings. The van der Waals surface area contributed by atoms with Crippen LogP contribution in [0.4, 0.5) is 0 Å². The van der Waals surface area contributed by atoms with Crippen LogP contribution >= 0.6 is 11.3 Å². The van der Waals surface area contributed by atoms with E-state index in [0.717, 1.165) is 6.54 Å². The highest BCUT2D eigenvalue weighted by Gasteiger charge is 2.11. The lowest BCUT2D eigenvalue weighted by molar-refractivity contribution is 0.651. The number of nitrogens with zero attached hydrogens (tertiary/aromatic N) is 1. The second-order valence-electron chi connectivity index (χ2n) is 4.85. The summed E-state index contributed by atoms with van der Waals surface area (Å²) in [6.45, 7) is 11.4. The van der Waals surface area contributed by atoms with Crippen molar-refractivity contribution in [3.8, 4) is 0 Å². The van der Waals surface area contributed by atoms with E-state index in [9.17, 15) is 0 Å². The van der Waals surface area contributed by atoms with Crippen molar-refractivity contribution >= 4 is 17.3 Å². The van der Waals surface area contributed by atoms with Crippen LogP contribution in [0, 0.1) is 19.8 Å². The standard InChI is InChI=1S/C13H23N3S/c1-8(2)7-15-13(14)16-10(4)12-6-9(3)17-11(12)5/h6,8,10H,7H2,1-5H3,(H3,14,15,16). The maximum atomic E-state index is 5.86. The molecular formula is C13H23N3S. The first kappa shape index (κ1) is 14.0. The summed E-state index contributed by atoms with van der Waals surface area (Å²) in [5.74, 6) is 1.07. The minimum atomic E-state index is 0.218. The minimum Gasteiger partial charge on any atom is -0.370 e. The Kier molecular flexibility index (Phi) is 5.00. The van der Waals surface area contributed by atoms with Crippen LogP contribution in [0.15, 0.2) is 11.1 Å². The average Bonchev–Trinajstić information content (AvgIpc) is 2.55. The third-order valence-electron chi connectivity index (χ3n) is 2.54. The van der Waals surface area contributed by atoms with Crippen molar-refractivity contribution in [3.63, 3.8) is 0 Å². The topological polar surface area (TPSA) is 50.4 Å². The van der Waals surface area contributed by atoms with Crippen molar-refractivity contribution in [1.82, 2.24) is 5.32 Å². The van der Waals surface area contributed by atoms with E-state index in [-0.39, 0.29) is 6.04 Å². The predicted molar refractivity (Wildman–Crippen MR) is 76.7 cm³/mol. The number of thiophene rings is 1. The Balaban J connectivity index is 2.63. The molecule has 1 unspecified atom stereocenters. The van der Waals surface area contributed by atoms with Crippen LogP contribution in [0.25, 0.3) is 0 Å². The molecule has 0 aliphatic carbocycles. The van der Waals surface area contributed by atoms with Crippen molar-refractivity contribution in [1.29, 1.82) is 0 Å². The first-order chi connectivity index (χ1) is 7.90. The molecule has 1 aromatic rings. The molecule has 1 rings (SSSR count). The maximum Gasteiger partial charge on any atom is 0.189 e. The molecule has 0 radical (unpaired) electrons. The van der Waals surface area contributed by atoms with E-state index in [4.69, 9.17) is 5.73 Å². The zero-order valence-corrected chi connectivity index (χ0v) is 12.2. The number of nitrogens with one attached hydrogen (secondary N) is 1. The summed E-state index contributed by atoms with van der Waals surface area (Å²) in [6.07, 6.45) is 0. The second kappa shape index (κ2) is 6.05. The first-order valence-corrected chi connectivity index (χ1v) is 6.85. The lowest BCUT2D eigenvalue weighted by Crippen LogP contribution is -2.34. The van der Waals surface area contributed by atoms with Crippen LogP contribution in [0.5, 0.6) is 0 Å². The fraction of sp³-hybridized carbons (Fsp3) is 0.615. The summed E-state index contributed by atoms with van der Waals surface area (Å²) >= 11 is 1.82. The van der Waals surface area contributed by atoms with Gasteiger partial charge in [0, 0.05) is 16.3 Å². The first-order valence-electron chi connectivity index (χ1n) is 6.03. The largest absolute Gasteiger partial charge is 0.370 e. The third kappa shape index (κ3) is 4.38. The lowest BCUT2D eigenvalue weighted by Gasteiger charge is -2.14. The monoisotopic (exact) mass is 253 g/mol. The van der Waals surface area contributed by atoms with Gasteiger partial charge in [-0.1, -0.05) is 13.8 Å². The smallest absolute Gasteiger partial charge is 0.189 e. The summed E-state index contributed by atoms with van der Waals surface area (Å²) in [6, 6.07) is 2.43. The van der Waals surface area contributed by atoms with Gasteiger partial charge < -0.3 is 11.1 Å². The Hall–Kier alpha value is -1.03. The molecule has 4 heteroatoms. The van der Waals surface area contributed by atoms with E-state index in [1.165, 1.54) is 15.3 Å². The number of hydrogen-bond donors (Lipinski definition) is 2. The van der Waals surface area contributed by atoms with Gasteiger partial charge in [0.1, 0.15) is 0 Å².